The Morgan fingerprint density at radius 1 is 1.04 bits per heavy atom. The number of likely N-dealkylation sites (tertiary alicyclic amines) is 1. The van der Waals surface area contributed by atoms with Gasteiger partial charge >= 0.3 is 0 Å². The average Bonchev–Trinajstić information content (AvgIpc) is 2.92. The normalized spacial score (nSPS) is 28.0. The maximum Gasteiger partial charge on any atom is 0.183 e. The molecule has 0 spiro atoms. The molecule has 3 rings (SSSR count). The molecule has 7 heteroatoms. The second-order valence-electron chi connectivity index (χ2n) is 6.82. The van der Waals surface area contributed by atoms with E-state index < -0.39 is 31.0 Å². The van der Waals surface area contributed by atoms with Crippen molar-refractivity contribution >= 4 is 19.7 Å². The van der Waals surface area contributed by atoms with E-state index in [1.807, 2.05) is 19.1 Å². The van der Waals surface area contributed by atoms with Gasteiger partial charge in [0.2, 0.25) is 0 Å². The molecule has 0 saturated carbocycles. The van der Waals surface area contributed by atoms with E-state index in [1.165, 1.54) is 0 Å². The Kier molecular flexibility index (Phi) is 5.04. The quantitative estimate of drug-likeness (QED) is 0.805. The van der Waals surface area contributed by atoms with Crippen molar-refractivity contribution in [3.8, 4) is 0 Å². The zero-order valence-corrected chi connectivity index (χ0v) is 15.7. The van der Waals surface area contributed by atoms with Crippen LogP contribution < -0.4 is 0 Å². The zero-order chi connectivity index (χ0) is 17.4. The first-order valence-electron chi connectivity index (χ1n) is 8.61. The number of rotatable bonds is 4. The molecule has 2 aliphatic rings. The van der Waals surface area contributed by atoms with Crippen molar-refractivity contribution in [1.82, 2.24) is 4.90 Å². The van der Waals surface area contributed by atoms with Crippen LogP contribution in [0.2, 0.25) is 0 Å². The zero-order valence-electron chi connectivity index (χ0n) is 14.0. The number of hydrogen-bond donors (Lipinski definition) is 0. The lowest BCUT2D eigenvalue weighted by molar-refractivity contribution is 0.178. The summed E-state index contributed by atoms with van der Waals surface area (Å²) in [6.45, 7) is 3.60. The van der Waals surface area contributed by atoms with Gasteiger partial charge in [0, 0.05) is 6.04 Å². The predicted octanol–water partition coefficient (Wildman–Crippen LogP) is 1.67. The summed E-state index contributed by atoms with van der Waals surface area (Å²) in [4.78, 5) is 2.32. The van der Waals surface area contributed by atoms with Crippen molar-refractivity contribution in [2.24, 2.45) is 0 Å². The van der Waals surface area contributed by atoms with Crippen LogP contribution in [0.3, 0.4) is 0 Å². The minimum Gasteiger partial charge on any atom is -0.298 e. The summed E-state index contributed by atoms with van der Waals surface area (Å²) in [6.07, 6.45) is 3.99. The van der Waals surface area contributed by atoms with Gasteiger partial charge in [-0.3, -0.25) is 4.90 Å². The molecule has 2 saturated heterocycles. The van der Waals surface area contributed by atoms with Crippen LogP contribution in [0.15, 0.2) is 29.2 Å². The molecule has 0 N–H and O–H groups in total. The highest BCUT2D eigenvalue weighted by atomic mass is 32.2. The van der Waals surface area contributed by atoms with Crippen molar-refractivity contribution in [1.29, 1.82) is 0 Å². The van der Waals surface area contributed by atoms with Crippen molar-refractivity contribution in [2.75, 3.05) is 24.6 Å². The third kappa shape index (κ3) is 3.53. The lowest BCUT2D eigenvalue weighted by Gasteiger charge is -2.34. The highest BCUT2D eigenvalue weighted by Gasteiger charge is 2.48. The van der Waals surface area contributed by atoms with E-state index in [9.17, 15) is 16.8 Å². The Bertz CT molecular complexity index is 778. The van der Waals surface area contributed by atoms with Gasteiger partial charge in [-0.15, -0.1) is 0 Å². The van der Waals surface area contributed by atoms with Crippen LogP contribution in [0.25, 0.3) is 0 Å². The van der Waals surface area contributed by atoms with Crippen molar-refractivity contribution in [3.05, 3.63) is 29.8 Å². The summed E-state index contributed by atoms with van der Waals surface area (Å²) >= 11 is 0. The van der Waals surface area contributed by atoms with E-state index >= 15 is 0 Å². The molecule has 2 atom stereocenters. The number of sulfone groups is 2. The topological polar surface area (TPSA) is 71.5 Å². The molecule has 134 valence electrons. The fourth-order valence-corrected chi connectivity index (χ4v) is 8.60. The summed E-state index contributed by atoms with van der Waals surface area (Å²) in [5.41, 5.74) is 1.07. The van der Waals surface area contributed by atoms with Crippen molar-refractivity contribution in [2.45, 2.75) is 48.8 Å². The summed E-state index contributed by atoms with van der Waals surface area (Å²) in [5.74, 6) is -0.296. The van der Waals surface area contributed by atoms with Gasteiger partial charge in [-0.05, 0) is 50.0 Å². The molecule has 1 aromatic carbocycles. The molecule has 24 heavy (non-hydrogen) atoms. The predicted molar refractivity (Wildman–Crippen MR) is 94.7 cm³/mol. The summed E-state index contributed by atoms with van der Waals surface area (Å²) in [7, 11) is -6.97. The third-order valence-electron chi connectivity index (χ3n) is 5.19. The highest BCUT2D eigenvalue weighted by Crippen LogP contribution is 2.30. The molecular formula is C17H25NO4S2. The van der Waals surface area contributed by atoms with Crippen LogP contribution in [0.1, 0.15) is 31.7 Å². The monoisotopic (exact) mass is 371 g/mol. The van der Waals surface area contributed by atoms with Gasteiger partial charge in [-0.1, -0.05) is 25.5 Å². The molecule has 1 aromatic rings. The molecule has 5 nitrogen and oxygen atoms in total. The van der Waals surface area contributed by atoms with Crippen LogP contribution >= 0.6 is 0 Å². The van der Waals surface area contributed by atoms with Crippen LogP contribution in [0, 0.1) is 0 Å². The minimum absolute atomic E-state index is 0.0378. The van der Waals surface area contributed by atoms with E-state index in [4.69, 9.17) is 0 Å². The number of hydrogen-bond acceptors (Lipinski definition) is 5. The van der Waals surface area contributed by atoms with Gasteiger partial charge < -0.3 is 0 Å². The molecule has 0 unspecified atom stereocenters. The first-order chi connectivity index (χ1) is 11.3. The third-order valence-corrected chi connectivity index (χ3v) is 9.32. The second kappa shape index (κ2) is 6.77. The lowest BCUT2D eigenvalue weighted by atomic mass is 10.1. The lowest BCUT2D eigenvalue weighted by Crippen LogP contribution is -2.48. The number of benzene rings is 1. The van der Waals surface area contributed by atoms with Crippen LogP contribution in [0.4, 0.5) is 0 Å². The Hall–Kier alpha value is -0.920. The molecule has 2 aliphatic heterocycles. The van der Waals surface area contributed by atoms with Crippen LogP contribution in [0.5, 0.6) is 0 Å². The highest BCUT2D eigenvalue weighted by molar-refractivity contribution is 7.96. The molecule has 0 amide bonds. The van der Waals surface area contributed by atoms with Gasteiger partial charge in [0.05, 0.1) is 21.7 Å². The summed E-state index contributed by atoms with van der Waals surface area (Å²) in [5, 5.41) is -0.854. The molecule has 0 radical (unpaired) electrons. The van der Waals surface area contributed by atoms with E-state index in [2.05, 4.69) is 4.90 Å². The Balaban J connectivity index is 1.93. The summed E-state index contributed by atoms with van der Waals surface area (Å²) in [6, 6.07) is 6.45. The van der Waals surface area contributed by atoms with E-state index in [0.29, 0.717) is 0 Å². The number of piperidine rings is 1. The van der Waals surface area contributed by atoms with E-state index in [0.717, 1.165) is 44.3 Å². The number of aryl methyl sites for hydroxylation is 1. The minimum atomic E-state index is -3.65. The van der Waals surface area contributed by atoms with Crippen LogP contribution in [-0.2, 0) is 26.1 Å². The van der Waals surface area contributed by atoms with E-state index in [-0.39, 0.29) is 16.4 Å². The van der Waals surface area contributed by atoms with Crippen molar-refractivity contribution in [3.63, 3.8) is 0 Å². The maximum atomic E-state index is 13.1. The SMILES string of the molecule is CCc1ccc(S(=O)(=O)[C@H]2CS(=O)(=O)C[C@H]2N2CCCCC2)cc1. The maximum absolute atomic E-state index is 13.1. The van der Waals surface area contributed by atoms with Gasteiger partial charge in [-0.2, -0.15) is 0 Å². The fourth-order valence-electron chi connectivity index (χ4n) is 3.77. The molecule has 2 fully saturated rings. The molecule has 0 aromatic heterocycles. The average molecular weight is 372 g/mol. The van der Waals surface area contributed by atoms with Gasteiger partial charge in [0.25, 0.3) is 0 Å². The summed E-state index contributed by atoms with van der Waals surface area (Å²) < 4.78 is 50.5. The second-order valence-corrected chi connectivity index (χ2v) is 11.1. The van der Waals surface area contributed by atoms with Gasteiger partial charge in [0.15, 0.2) is 19.7 Å². The fraction of sp³-hybridized carbons (Fsp3) is 0.647. The largest absolute Gasteiger partial charge is 0.298 e. The van der Waals surface area contributed by atoms with Crippen LogP contribution in [-0.4, -0.2) is 57.6 Å². The Morgan fingerprint density at radius 3 is 2.25 bits per heavy atom. The van der Waals surface area contributed by atoms with E-state index in [1.54, 1.807) is 12.1 Å². The van der Waals surface area contributed by atoms with Gasteiger partial charge in [0.1, 0.15) is 0 Å². The molecule has 2 heterocycles. The Morgan fingerprint density at radius 2 is 1.67 bits per heavy atom. The molecular weight excluding hydrogens is 346 g/mol. The first-order valence-corrected chi connectivity index (χ1v) is 12.0. The Labute approximate surface area is 144 Å². The van der Waals surface area contributed by atoms with Crippen molar-refractivity contribution < 1.29 is 16.8 Å². The molecule has 0 aliphatic carbocycles. The molecule has 0 bridgehead atoms. The van der Waals surface area contributed by atoms with Gasteiger partial charge in [-0.25, -0.2) is 16.8 Å². The smallest absolute Gasteiger partial charge is 0.183 e. The first kappa shape index (κ1) is 17.9. The number of nitrogens with zero attached hydrogens (tertiary/aromatic N) is 1. The standard InChI is InChI=1S/C17H25NO4S2/c1-2-14-6-8-15(9-7-14)24(21,22)17-13-23(19,20)12-16(17)18-10-4-3-5-11-18/h6-9,16-17H,2-5,10-13H2,1H3/t16-,17+/m1/s1.